The normalized spacial score (nSPS) is 20.1. The molecule has 1 aromatic heterocycles. The number of hydrogen-bond acceptors (Lipinski definition) is 3. The van der Waals surface area contributed by atoms with Crippen molar-refractivity contribution in [2.24, 2.45) is 5.92 Å². The summed E-state index contributed by atoms with van der Waals surface area (Å²) in [4.78, 5) is 28.9. The van der Waals surface area contributed by atoms with Crippen LogP contribution in [0.25, 0.3) is 10.9 Å². The summed E-state index contributed by atoms with van der Waals surface area (Å²) in [5.74, 6) is -0.593. The van der Waals surface area contributed by atoms with Crippen LogP contribution in [0.2, 0.25) is 0 Å². The van der Waals surface area contributed by atoms with Gasteiger partial charge < -0.3 is 19.9 Å². The van der Waals surface area contributed by atoms with Crippen molar-refractivity contribution < 1.29 is 23.6 Å². The molecule has 0 aliphatic carbocycles. The van der Waals surface area contributed by atoms with Gasteiger partial charge in [-0.05, 0) is 38.0 Å². The quantitative estimate of drug-likeness (QED) is 0.709. The average molecular weight is 362 g/mol. The van der Waals surface area contributed by atoms with Gasteiger partial charge in [0.25, 0.3) is 5.91 Å². The zero-order valence-electron chi connectivity index (χ0n) is 15.2. The van der Waals surface area contributed by atoms with Gasteiger partial charge in [0, 0.05) is 16.8 Å². The standard InChI is InChI=1S/C19H24FN3O3/c1-3-26-19(25)18-17(14-9-13(20)6-7-15(14)21-18)22-16(24)11-23-8-4-5-12(2)10-23/h6-7,9,12,21H,3-5,8,10-11H2,1-2H3,(H,22,24)/p+1/t12-/m0/s1. The van der Waals surface area contributed by atoms with E-state index < -0.39 is 11.8 Å². The summed E-state index contributed by atoms with van der Waals surface area (Å²) in [5.41, 5.74) is 0.999. The first-order valence-electron chi connectivity index (χ1n) is 9.09. The second-order valence-corrected chi connectivity index (χ2v) is 6.96. The van der Waals surface area contributed by atoms with Crippen LogP contribution in [0.5, 0.6) is 0 Å². The molecule has 1 saturated heterocycles. The molecule has 3 rings (SSSR count). The molecule has 0 bridgehead atoms. The molecule has 0 spiro atoms. The number of aromatic amines is 1. The van der Waals surface area contributed by atoms with E-state index in [0.29, 0.717) is 23.4 Å². The number of ether oxygens (including phenoxy) is 1. The fraction of sp³-hybridized carbons (Fsp3) is 0.474. The molecule has 140 valence electrons. The lowest BCUT2D eigenvalue weighted by Crippen LogP contribution is -3.14. The largest absolute Gasteiger partial charge is 0.461 e. The number of nitrogens with one attached hydrogen (secondary N) is 3. The third kappa shape index (κ3) is 4.04. The predicted molar refractivity (Wildman–Crippen MR) is 96.8 cm³/mol. The zero-order chi connectivity index (χ0) is 18.7. The number of hydrogen-bond donors (Lipinski definition) is 3. The number of benzene rings is 1. The van der Waals surface area contributed by atoms with Crippen molar-refractivity contribution in [2.75, 3.05) is 31.6 Å². The third-order valence-corrected chi connectivity index (χ3v) is 4.78. The number of H-pyrrole nitrogens is 1. The molecular weight excluding hydrogens is 337 g/mol. The molecule has 26 heavy (non-hydrogen) atoms. The first-order chi connectivity index (χ1) is 12.5. The van der Waals surface area contributed by atoms with E-state index in [4.69, 9.17) is 4.74 Å². The van der Waals surface area contributed by atoms with E-state index >= 15 is 0 Å². The van der Waals surface area contributed by atoms with E-state index in [0.717, 1.165) is 19.5 Å². The highest BCUT2D eigenvalue weighted by Crippen LogP contribution is 2.29. The Balaban J connectivity index is 1.84. The number of amides is 1. The number of carbonyl (C=O) groups is 2. The van der Waals surface area contributed by atoms with Gasteiger partial charge >= 0.3 is 5.97 Å². The number of piperidine rings is 1. The maximum absolute atomic E-state index is 13.7. The molecule has 2 aromatic rings. The van der Waals surface area contributed by atoms with Gasteiger partial charge in [-0.15, -0.1) is 0 Å². The van der Waals surface area contributed by atoms with Crippen LogP contribution in [0, 0.1) is 11.7 Å². The minimum Gasteiger partial charge on any atom is -0.461 e. The number of quaternary nitrogens is 1. The number of likely N-dealkylation sites (tertiary alicyclic amines) is 1. The highest BCUT2D eigenvalue weighted by Gasteiger charge is 2.25. The maximum atomic E-state index is 13.7. The molecule has 6 nitrogen and oxygen atoms in total. The third-order valence-electron chi connectivity index (χ3n) is 4.78. The van der Waals surface area contributed by atoms with Crippen LogP contribution in [0.4, 0.5) is 10.1 Å². The van der Waals surface area contributed by atoms with Crippen molar-refractivity contribution in [1.82, 2.24) is 4.98 Å². The first-order valence-corrected chi connectivity index (χ1v) is 9.09. The SMILES string of the molecule is CCOC(=O)c1[nH]c2ccc(F)cc2c1NC(=O)C[NH+]1CCC[C@H](C)C1. The van der Waals surface area contributed by atoms with Crippen molar-refractivity contribution in [3.63, 3.8) is 0 Å². The van der Waals surface area contributed by atoms with E-state index in [1.807, 2.05) is 0 Å². The van der Waals surface area contributed by atoms with E-state index in [1.165, 1.54) is 23.5 Å². The lowest BCUT2D eigenvalue weighted by atomic mass is 10.0. The predicted octanol–water partition coefficient (Wildman–Crippen LogP) is 1.74. The van der Waals surface area contributed by atoms with Gasteiger partial charge in [-0.1, -0.05) is 6.92 Å². The molecule has 1 unspecified atom stereocenters. The van der Waals surface area contributed by atoms with Crippen molar-refractivity contribution in [3.8, 4) is 0 Å². The number of fused-ring (bicyclic) bond motifs is 1. The molecule has 1 aliphatic heterocycles. The van der Waals surface area contributed by atoms with Crippen molar-refractivity contribution in [3.05, 3.63) is 29.7 Å². The van der Waals surface area contributed by atoms with E-state index in [-0.39, 0.29) is 23.9 Å². The molecule has 1 aliphatic rings. The van der Waals surface area contributed by atoms with Crippen molar-refractivity contribution in [1.29, 1.82) is 0 Å². The summed E-state index contributed by atoms with van der Waals surface area (Å²) >= 11 is 0. The Bertz CT molecular complexity index is 818. The maximum Gasteiger partial charge on any atom is 0.356 e. The van der Waals surface area contributed by atoms with Gasteiger partial charge in [0.1, 0.15) is 11.5 Å². The topological polar surface area (TPSA) is 75.6 Å². The van der Waals surface area contributed by atoms with E-state index in [9.17, 15) is 14.0 Å². The molecule has 7 heteroatoms. The Hall–Kier alpha value is -2.41. The van der Waals surface area contributed by atoms with Crippen LogP contribution in [0.3, 0.4) is 0 Å². The van der Waals surface area contributed by atoms with Crippen LogP contribution in [0.1, 0.15) is 37.2 Å². The minimum absolute atomic E-state index is 0.141. The average Bonchev–Trinajstić information content (AvgIpc) is 2.93. The molecule has 0 radical (unpaired) electrons. The van der Waals surface area contributed by atoms with Crippen LogP contribution >= 0.6 is 0 Å². The molecule has 3 N–H and O–H groups in total. The molecular formula is C19H25FN3O3+. The monoisotopic (exact) mass is 362 g/mol. The number of anilines is 1. The number of carbonyl (C=O) groups excluding carboxylic acids is 2. The molecule has 1 fully saturated rings. The molecule has 0 saturated carbocycles. The minimum atomic E-state index is -0.571. The van der Waals surface area contributed by atoms with Crippen LogP contribution < -0.4 is 10.2 Å². The first kappa shape index (κ1) is 18.4. The number of halogens is 1. The van der Waals surface area contributed by atoms with Crippen LogP contribution in [-0.2, 0) is 9.53 Å². The Morgan fingerprint density at radius 3 is 2.96 bits per heavy atom. The summed E-state index contributed by atoms with van der Waals surface area (Å²) in [5, 5.41) is 3.27. The van der Waals surface area contributed by atoms with Gasteiger partial charge in [0.2, 0.25) is 0 Å². The number of esters is 1. The van der Waals surface area contributed by atoms with E-state index in [2.05, 4.69) is 17.2 Å². The highest BCUT2D eigenvalue weighted by molar-refractivity contribution is 6.11. The van der Waals surface area contributed by atoms with Crippen molar-refractivity contribution >= 4 is 28.5 Å². The molecule has 2 atom stereocenters. The highest BCUT2D eigenvalue weighted by atomic mass is 19.1. The van der Waals surface area contributed by atoms with Gasteiger partial charge in [0.15, 0.2) is 6.54 Å². The summed E-state index contributed by atoms with van der Waals surface area (Å²) in [7, 11) is 0. The van der Waals surface area contributed by atoms with Crippen molar-refractivity contribution in [2.45, 2.75) is 26.7 Å². The lowest BCUT2D eigenvalue weighted by molar-refractivity contribution is -0.900. The Labute approximate surface area is 151 Å². The van der Waals surface area contributed by atoms with Crippen LogP contribution in [0.15, 0.2) is 18.2 Å². The van der Waals surface area contributed by atoms with Gasteiger partial charge in [-0.25, -0.2) is 9.18 Å². The second kappa shape index (κ2) is 7.86. The second-order valence-electron chi connectivity index (χ2n) is 6.96. The fourth-order valence-corrected chi connectivity index (χ4v) is 3.62. The van der Waals surface area contributed by atoms with Gasteiger partial charge in [-0.2, -0.15) is 0 Å². The van der Waals surface area contributed by atoms with Gasteiger partial charge in [-0.3, -0.25) is 4.79 Å². The summed E-state index contributed by atoms with van der Waals surface area (Å²) in [6.07, 6.45) is 2.30. The Morgan fingerprint density at radius 1 is 1.42 bits per heavy atom. The van der Waals surface area contributed by atoms with E-state index in [1.54, 1.807) is 13.0 Å². The fourth-order valence-electron chi connectivity index (χ4n) is 3.62. The zero-order valence-corrected chi connectivity index (χ0v) is 15.2. The summed E-state index contributed by atoms with van der Waals surface area (Å²) < 4.78 is 18.7. The Kier molecular flexibility index (Phi) is 5.56. The number of aromatic nitrogens is 1. The summed E-state index contributed by atoms with van der Waals surface area (Å²) in [6, 6.07) is 4.15. The smallest absolute Gasteiger partial charge is 0.356 e. The molecule has 1 aromatic carbocycles. The molecule has 1 amide bonds. The Morgan fingerprint density at radius 2 is 2.23 bits per heavy atom. The van der Waals surface area contributed by atoms with Crippen LogP contribution in [-0.4, -0.2) is 43.1 Å². The lowest BCUT2D eigenvalue weighted by Gasteiger charge is -2.27. The van der Waals surface area contributed by atoms with Gasteiger partial charge in [0.05, 0.1) is 25.4 Å². The summed E-state index contributed by atoms with van der Waals surface area (Å²) in [6.45, 7) is 6.36. The molecule has 2 heterocycles. The number of rotatable bonds is 5.